The van der Waals surface area contributed by atoms with Crippen molar-refractivity contribution in [2.24, 2.45) is 0 Å². The molecule has 0 radical (unpaired) electrons. The molecular formula is C34H38N6O8. The zero-order chi connectivity index (χ0) is 34.2. The molecule has 1 fully saturated rings. The summed E-state index contributed by atoms with van der Waals surface area (Å²) in [5.41, 5.74) is 1.98. The van der Waals surface area contributed by atoms with Crippen molar-refractivity contribution < 1.29 is 39.2 Å². The summed E-state index contributed by atoms with van der Waals surface area (Å²) in [6.07, 6.45) is -4.22. The van der Waals surface area contributed by atoms with E-state index >= 15 is 0 Å². The molecule has 48 heavy (non-hydrogen) atoms. The van der Waals surface area contributed by atoms with Gasteiger partial charge in [0.2, 0.25) is 11.8 Å². The number of rotatable bonds is 12. The van der Waals surface area contributed by atoms with Crippen LogP contribution in [0.4, 0.5) is 0 Å². The molecule has 1 aromatic heterocycles. The summed E-state index contributed by atoms with van der Waals surface area (Å²) in [7, 11) is 1.53. The van der Waals surface area contributed by atoms with Crippen molar-refractivity contribution in [3.05, 3.63) is 114 Å². The van der Waals surface area contributed by atoms with E-state index in [0.29, 0.717) is 11.3 Å². The number of benzene rings is 3. The zero-order valence-electron chi connectivity index (χ0n) is 26.4. The summed E-state index contributed by atoms with van der Waals surface area (Å²) >= 11 is 0. The number of carbonyl (C=O) groups excluding carboxylic acids is 3. The van der Waals surface area contributed by atoms with Crippen molar-refractivity contribution in [3.63, 3.8) is 0 Å². The van der Waals surface area contributed by atoms with Crippen LogP contribution in [-0.4, -0.2) is 91.0 Å². The quantitative estimate of drug-likeness (QED) is 0.148. The number of methoxy groups -OCH3 is 1. The van der Waals surface area contributed by atoms with Gasteiger partial charge in [-0.25, -0.2) is 4.68 Å². The fourth-order valence-corrected chi connectivity index (χ4v) is 5.56. The number of nitrogens with one attached hydrogen (secondary N) is 2. The molecule has 1 aliphatic rings. The Kier molecular flexibility index (Phi) is 11.1. The zero-order valence-corrected chi connectivity index (χ0v) is 26.4. The molecule has 3 aromatic carbocycles. The largest absolute Gasteiger partial charge is 0.497 e. The number of aromatic nitrogens is 3. The van der Waals surface area contributed by atoms with Crippen LogP contribution >= 0.6 is 0 Å². The van der Waals surface area contributed by atoms with Gasteiger partial charge in [0.1, 0.15) is 36.1 Å². The van der Waals surface area contributed by atoms with Gasteiger partial charge in [0.05, 0.1) is 19.9 Å². The van der Waals surface area contributed by atoms with Crippen molar-refractivity contribution in [2.75, 3.05) is 13.7 Å². The molecule has 0 aliphatic carbocycles. The molecule has 1 aliphatic heterocycles. The highest BCUT2D eigenvalue weighted by Crippen LogP contribution is 2.30. The first kappa shape index (κ1) is 34.2. The van der Waals surface area contributed by atoms with Crippen LogP contribution in [0.15, 0.2) is 91.1 Å². The number of hydrogen-bond donors (Lipinski definition) is 5. The van der Waals surface area contributed by atoms with Crippen molar-refractivity contribution >= 4 is 17.7 Å². The van der Waals surface area contributed by atoms with E-state index in [2.05, 4.69) is 20.9 Å². The second-order valence-electron chi connectivity index (χ2n) is 11.3. The Hall–Kier alpha value is -5.15. The Balaban J connectivity index is 1.52. The van der Waals surface area contributed by atoms with Gasteiger partial charge in [-0.3, -0.25) is 14.4 Å². The molecule has 3 amide bonds. The summed E-state index contributed by atoms with van der Waals surface area (Å²) in [5.74, 6) is -1.03. The lowest BCUT2D eigenvalue weighted by Gasteiger charge is -2.42. The predicted molar refractivity (Wildman–Crippen MR) is 171 cm³/mol. The maximum absolute atomic E-state index is 14.4. The van der Waals surface area contributed by atoms with Crippen LogP contribution in [0.2, 0.25) is 0 Å². The van der Waals surface area contributed by atoms with E-state index in [1.807, 2.05) is 60.7 Å². The van der Waals surface area contributed by atoms with Gasteiger partial charge >= 0.3 is 0 Å². The fourth-order valence-electron chi connectivity index (χ4n) is 5.56. The van der Waals surface area contributed by atoms with Crippen molar-refractivity contribution in [2.45, 2.75) is 56.6 Å². The van der Waals surface area contributed by atoms with Crippen molar-refractivity contribution in [1.82, 2.24) is 30.5 Å². The van der Waals surface area contributed by atoms with E-state index < -0.39 is 61.0 Å². The molecule has 5 N–H and O–H groups in total. The maximum atomic E-state index is 14.4. The molecule has 1 saturated heterocycles. The fraction of sp³-hybridized carbons (Fsp3) is 0.324. The first-order chi connectivity index (χ1) is 23.2. The molecule has 252 valence electrons. The minimum atomic E-state index is -1.53. The second kappa shape index (κ2) is 15.6. The van der Waals surface area contributed by atoms with Crippen LogP contribution in [0, 0.1) is 0 Å². The maximum Gasteiger partial charge on any atom is 0.277 e. The topological polar surface area (TPSA) is 188 Å². The van der Waals surface area contributed by atoms with E-state index in [1.54, 1.807) is 24.3 Å². The lowest BCUT2D eigenvalue weighted by Crippen LogP contribution is -2.62. The molecule has 6 atom stereocenters. The Morgan fingerprint density at radius 2 is 1.60 bits per heavy atom. The first-order valence-electron chi connectivity index (χ1n) is 15.3. The van der Waals surface area contributed by atoms with E-state index in [0.717, 1.165) is 15.8 Å². The molecule has 1 unspecified atom stereocenters. The number of amides is 3. The van der Waals surface area contributed by atoms with Gasteiger partial charge in [-0.15, -0.1) is 5.10 Å². The molecule has 0 saturated carbocycles. The van der Waals surface area contributed by atoms with Gasteiger partial charge < -0.3 is 40.3 Å². The van der Waals surface area contributed by atoms with Crippen molar-refractivity contribution in [1.29, 1.82) is 0 Å². The summed E-state index contributed by atoms with van der Waals surface area (Å²) < 4.78 is 12.3. The third-order valence-corrected chi connectivity index (χ3v) is 8.02. The van der Waals surface area contributed by atoms with Gasteiger partial charge in [0.15, 0.2) is 11.9 Å². The van der Waals surface area contributed by atoms with Gasteiger partial charge in [-0.05, 0) is 28.8 Å². The normalized spacial score (nSPS) is 21.1. The van der Waals surface area contributed by atoms with Crippen LogP contribution in [0.25, 0.3) is 0 Å². The van der Waals surface area contributed by atoms with Crippen LogP contribution in [0.3, 0.4) is 0 Å². The Morgan fingerprint density at radius 3 is 2.21 bits per heavy atom. The van der Waals surface area contributed by atoms with Crippen molar-refractivity contribution in [3.8, 4) is 5.75 Å². The average Bonchev–Trinajstić information content (AvgIpc) is 3.60. The monoisotopic (exact) mass is 658 g/mol. The number of carbonyl (C=O) groups is 3. The third kappa shape index (κ3) is 7.86. The number of ether oxygens (including phenoxy) is 2. The summed E-state index contributed by atoms with van der Waals surface area (Å²) in [4.78, 5) is 41.8. The van der Waals surface area contributed by atoms with E-state index in [1.165, 1.54) is 25.1 Å². The number of nitrogens with zero attached hydrogens (tertiary/aromatic N) is 4. The molecule has 0 spiro atoms. The van der Waals surface area contributed by atoms with Crippen LogP contribution in [0.5, 0.6) is 5.75 Å². The van der Waals surface area contributed by atoms with E-state index in [4.69, 9.17) is 9.47 Å². The van der Waals surface area contributed by atoms with Crippen LogP contribution in [0.1, 0.15) is 46.4 Å². The van der Waals surface area contributed by atoms with E-state index in [9.17, 15) is 29.7 Å². The van der Waals surface area contributed by atoms with Crippen LogP contribution < -0.4 is 15.4 Å². The molecule has 5 rings (SSSR count). The number of aliphatic hydroxyl groups is 3. The molecule has 14 nitrogen and oxygen atoms in total. The molecule has 2 heterocycles. The van der Waals surface area contributed by atoms with Gasteiger partial charge in [0, 0.05) is 20.0 Å². The SMILES string of the molecule is COc1ccc(C(C(=O)NCc2ccccc2)N(Cc2ccccc2)C(=O)c2cn([C@@H]3O[C@H](CO)[C@@H](O)[C@H](O)[C@H]3NC(C)=O)nn2)cc1. The summed E-state index contributed by atoms with van der Waals surface area (Å²) in [5, 5.41) is 44.6. The summed E-state index contributed by atoms with van der Waals surface area (Å²) in [6, 6.07) is 23.1. The number of aliphatic hydroxyl groups excluding tert-OH is 3. The van der Waals surface area contributed by atoms with Gasteiger partial charge in [-0.1, -0.05) is 78.0 Å². The Bertz CT molecular complexity index is 1670. The lowest BCUT2D eigenvalue weighted by atomic mass is 9.96. The highest BCUT2D eigenvalue weighted by Gasteiger charge is 2.46. The molecule has 14 heteroatoms. The minimum Gasteiger partial charge on any atom is -0.497 e. The Labute approximate surface area is 276 Å². The van der Waals surface area contributed by atoms with Gasteiger partial charge in [-0.2, -0.15) is 0 Å². The van der Waals surface area contributed by atoms with E-state index in [-0.39, 0.29) is 18.8 Å². The molecule has 0 bridgehead atoms. The first-order valence-corrected chi connectivity index (χ1v) is 15.3. The smallest absolute Gasteiger partial charge is 0.277 e. The Morgan fingerprint density at radius 1 is 0.958 bits per heavy atom. The molecular weight excluding hydrogens is 620 g/mol. The number of hydrogen-bond acceptors (Lipinski definition) is 10. The summed E-state index contributed by atoms with van der Waals surface area (Å²) in [6.45, 7) is 0.843. The molecule has 4 aromatic rings. The highest BCUT2D eigenvalue weighted by atomic mass is 16.5. The van der Waals surface area contributed by atoms with Gasteiger partial charge in [0.25, 0.3) is 5.91 Å². The highest BCUT2D eigenvalue weighted by molar-refractivity contribution is 5.96. The van der Waals surface area contributed by atoms with Crippen LogP contribution in [-0.2, 0) is 27.4 Å². The second-order valence-corrected chi connectivity index (χ2v) is 11.3. The minimum absolute atomic E-state index is 0.0218. The third-order valence-electron chi connectivity index (χ3n) is 8.02. The predicted octanol–water partition coefficient (Wildman–Crippen LogP) is 1.10. The average molecular weight is 659 g/mol. The lowest BCUT2D eigenvalue weighted by molar-refractivity contribution is -0.219. The standard InChI is InChI=1S/C34H38N6O8/c1-21(42)36-28-31(44)30(43)27(20-41)48-34(28)40-19-26(37-38-40)33(46)39(18-23-11-7-4-8-12-23)29(24-13-15-25(47-2)16-14-24)32(45)35-17-22-9-5-3-6-10-22/h3-16,19,27-31,34,41,43-44H,17-18,20H2,1-2H3,(H,35,45)(H,36,42)/t27-,28-,29?,30-,31-,34-/m1/s1.